The van der Waals surface area contributed by atoms with Crippen molar-refractivity contribution in [3.05, 3.63) is 23.5 Å². The topological polar surface area (TPSA) is 71.2 Å². The van der Waals surface area contributed by atoms with Crippen molar-refractivity contribution in [3.63, 3.8) is 0 Å². The number of aromatic nitrogens is 2. The molecule has 3 rings (SSSR count). The summed E-state index contributed by atoms with van der Waals surface area (Å²) in [6.07, 6.45) is 5.86. The van der Waals surface area contributed by atoms with Gasteiger partial charge in [0.25, 0.3) is 0 Å². The van der Waals surface area contributed by atoms with Crippen LogP contribution in [-0.2, 0) is 16.1 Å². The molecule has 2 aromatic heterocycles. The number of ether oxygens (including phenoxy) is 1. The maximum atomic E-state index is 12.0. The average Bonchev–Trinajstić information content (AvgIpc) is 3.17. The Bertz CT molecular complexity index is 694. The standard InChI is InChI=1S/C16H23N5O2S/c1-3-23-14(22)12-5-4-6-20(10-12)15(17-2)18-9-13-11-21-7-8-24-16(21)19-13/h7-8,11-12H,3-6,9-10H2,1-2H3,(H,17,18). The number of piperidine rings is 1. The summed E-state index contributed by atoms with van der Waals surface area (Å²) in [6.45, 7) is 4.43. The van der Waals surface area contributed by atoms with E-state index in [0.29, 0.717) is 19.7 Å². The maximum absolute atomic E-state index is 12.0. The number of carbonyl (C=O) groups is 1. The van der Waals surface area contributed by atoms with Crippen LogP contribution in [0.5, 0.6) is 0 Å². The SMILES string of the molecule is CCOC(=O)C1CCCN(C(=NC)NCc2cn3ccsc3n2)C1. The molecule has 0 saturated carbocycles. The maximum Gasteiger partial charge on any atom is 0.310 e. The Morgan fingerprint density at radius 1 is 1.58 bits per heavy atom. The second-order valence-electron chi connectivity index (χ2n) is 5.76. The zero-order valence-electron chi connectivity index (χ0n) is 14.1. The molecule has 2 aromatic rings. The van der Waals surface area contributed by atoms with E-state index in [-0.39, 0.29) is 11.9 Å². The van der Waals surface area contributed by atoms with Crippen molar-refractivity contribution in [1.29, 1.82) is 0 Å². The number of guanidine groups is 1. The lowest BCUT2D eigenvalue weighted by Crippen LogP contribution is -2.48. The number of carbonyl (C=O) groups excluding carboxylic acids is 1. The van der Waals surface area contributed by atoms with Gasteiger partial charge in [0.2, 0.25) is 0 Å². The number of rotatable bonds is 4. The van der Waals surface area contributed by atoms with Gasteiger partial charge in [-0.05, 0) is 19.8 Å². The van der Waals surface area contributed by atoms with Gasteiger partial charge < -0.3 is 15.0 Å². The zero-order chi connectivity index (χ0) is 16.9. The van der Waals surface area contributed by atoms with Gasteiger partial charge in [-0.25, -0.2) is 4.98 Å². The number of thiazole rings is 1. The summed E-state index contributed by atoms with van der Waals surface area (Å²) in [4.78, 5) is 24.0. The van der Waals surface area contributed by atoms with Crippen molar-refractivity contribution < 1.29 is 9.53 Å². The van der Waals surface area contributed by atoms with Crippen LogP contribution < -0.4 is 5.32 Å². The zero-order valence-corrected chi connectivity index (χ0v) is 14.9. The third-order valence-corrected chi connectivity index (χ3v) is 4.89. The van der Waals surface area contributed by atoms with E-state index in [1.54, 1.807) is 18.4 Å². The molecule has 1 saturated heterocycles. The fourth-order valence-corrected chi connectivity index (χ4v) is 3.70. The summed E-state index contributed by atoms with van der Waals surface area (Å²) < 4.78 is 7.18. The molecule has 130 valence electrons. The van der Waals surface area contributed by atoms with Crippen molar-refractivity contribution >= 4 is 28.2 Å². The molecular formula is C16H23N5O2S. The molecule has 1 aliphatic rings. The minimum Gasteiger partial charge on any atom is -0.466 e. The monoisotopic (exact) mass is 349 g/mol. The molecule has 0 bridgehead atoms. The molecule has 0 amide bonds. The molecule has 1 aliphatic heterocycles. The van der Waals surface area contributed by atoms with Crippen LogP contribution in [-0.4, -0.2) is 53.0 Å². The first-order valence-corrected chi connectivity index (χ1v) is 9.12. The van der Waals surface area contributed by atoms with Gasteiger partial charge in [0, 0.05) is 37.9 Å². The van der Waals surface area contributed by atoms with Crippen molar-refractivity contribution in [2.24, 2.45) is 10.9 Å². The van der Waals surface area contributed by atoms with Crippen LogP contribution >= 0.6 is 11.3 Å². The summed E-state index contributed by atoms with van der Waals surface area (Å²) in [5, 5.41) is 5.37. The first kappa shape index (κ1) is 16.8. The highest BCUT2D eigenvalue weighted by Crippen LogP contribution is 2.18. The Kier molecular flexibility index (Phi) is 5.34. The van der Waals surface area contributed by atoms with Crippen molar-refractivity contribution in [2.75, 3.05) is 26.7 Å². The molecule has 1 atom stereocenters. The van der Waals surface area contributed by atoms with Gasteiger partial charge in [0.1, 0.15) is 0 Å². The smallest absolute Gasteiger partial charge is 0.310 e. The molecular weight excluding hydrogens is 326 g/mol. The molecule has 3 heterocycles. The molecule has 0 aliphatic carbocycles. The largest absolute Gasteiger partial charge is 0.466 e. The van der Waals surface area contributed by atoms with Gasteiger partial charge in [-0.3, -0.25) is 14.2 Å². The molecule has 1 N–H and O–H groups in total. The third kappa shape index (κ3) is 3.69. The Balaban J connectivity index is 1.59. The lowest BCUT2D eigenvalue weighted by molar-refractivity contribution is -0.149. The van der Waals surface area contributed by atoms with Crippen LogP contribution in [0.15, 0.2) is 22.8 Å². The van der Waals surface area contributed by atoms with Crippen LogP contribution in [0, 0.1) is 5.92 Å². The van der Waals surface area contributed by atoms with E-state index in [0.717, 1.165) is 36.0 Å². The number of likely N-dealkylation sites (tertiary alicyclic amines) is 1. The number of imidazole rings is 1. The normalized spacial score (nSPS) is 18.8. The van der Waals surface area contributed by atoms with E-state index in [4.69, 9.17) is 4.74 Å². The highest BCUT2D eigenvalue weighted by Gasteiger charge is 2.28. The van der Waals surface area contributed by atoms with E-state index >= 15 is 0 Å². The summed E-state index contributed by atoms with van der Waals surface area (Å²) in [5.74, 6) is 0.627. The predicted octanol–water partition coefficient (Wildman–Crippen LogP) is 1.75. The predicted molar refractivity (Wildman–Crippen MR) is 94.2 cm³/mol. The van der Waals surface area contributed by atoms with E-state index < -0.39 is 0 Å². The average molecular weight is 349 g/mol. The highest BCUT2D eigenvalue weighted by molar-refractivity contribution is 7.15. The number of fused-ring (bicyclic) bond motifs is 1. The Labute approximate surface area is 145 Å². The molecule has 1 fully saturated rings. The van der Waals surface area contributed by atoms with Gasteiger partial charge in [0.15, 0.2) is 10.9 Å². The van der Waals surface area contributed by atoms with Gasteiger partial charge >= 0.3 is 5.97 Å². The molecule has 7 nitrogen and oxygen atoms in total. The lowest BCUT2D eigenvalue weighted by atomic mass is 9.98. The van der Waals surface area contributed by atoms with Crippen LogP contribution in [0.3, 0.4) is 0 Å². The minimum atomic E-state index is -0.105. The Morgan fingerprint density at radius 3 is 3.21 bits per heavy atom. The van der Waals surface area contributed by atoms with Gasteiger partial charge in [-0.2, -0.15) is 0 Å². The van der Waals surface area contributed by atoms with E-state index in [1.165, 1.54) is 0 Å². The van der Waals surface area contributed by atoms with E-state index in [9.17, 15) is 4.79 Å². The van der Waals surface area contributed by atoms with E-state index in [1.807, 2.05) is 29.1 Å². The Morgan fingerprint density at radius 2 is 2.46 bits per heavy atom. The number of hydrogen-bond donors (Lipinski definition) is 1. The second-order valence-corrected chi connectivity index (χ2v) is 6.64. The summed E-state index contributed by atoms with van der Waals surface area (Å²) in [7, 11) is 1.77. The van der Waals surface area contributed by atoms with Crippen molar-refractivity contribution in [1.82, 2.24) is 19.6 Å². The lowest BCUT2D eigenvalue weighted by Gasteiger charge is -2.33. The fourth-order valence-electron chi connectivity index (χ4n) is 2.99. The fraction of sp³-hybridized carbons (Fsp3) is 0.562. The number of hydrogen-bond acceptors (Lipinski definition) is 5. The first-order chi connectivity index (χ1) is 11.7. The van der Waals surface area contributed by atoms with Gasteiger partial charge in [0.05, 0.1) is 24.8 Å². The summed E-state index contributed by atoms with van der Waals surface area (Å²) in [6, 6.07) is 0. The second kappa shape index (κ2) is 7.65. The Hall–Kier alpha value is -2.09. The van der Waals surface area contributed by atoms with Gasteiger partial charge in [-0.15, -0.1) is 11.3 Å². The number of nitrogens with one attached hydrogen (secondary N) is 1. The molecule has 0 aromatic carbocycles. The van der Waals surface area contributed by atoms with Gasteiger partial charge in [-0.1, -0.05) is 0 Å². The first-order valence-electron chi connectivity index (χ1n) is 8.24. The molecule has 0 spiro atoms. The highest BCUT2D eigenvalue weighted by atomic mass is 32.1. The van der Waals surface area contributed by atoms with Crippen LogP contribution in [0.25, 0.3) is 4.96 Å². The van der Waals surface area contributed by atoms with E-state index in [2.05, 4.69) is 20.2 Å². The molecule has 1 unspecified atom stereocenters. The quantitative estimate of drug-likeness (QED) is 0.517. The van der Waals surface area contributed by atoms with Crippen LogP contribution in [0.1, 0.15) is 25.5 Å². The number of aliphatic imine (C=N–C) groups is 1. The summed E-state index contributed by atoms with van der Waals surface area (Å²) >= 11 is 1.62. The molecule has 8 heteroatoms. The molecule has 0 radical (unpaired) electrons. The van der Waals surface area contributed by atoms with Crippen molar-refractivity contribution in [3.8, 4) is 0 Å². The minimum absolute atomic E-state index is 0.0739. The third-order valence-electron chi connectivity index (χ3n) is 4.12. The van der Waals surface area contributed by atoms with Crippen LogP contribution in [0.4, 0.5) is 0 Å². The van der Waals surface area contributed by atoms with Crippen LogP contribution in [0.2, 0.25) is 0 Å². The number of nitrogens with zero attached hydrogens (tertiary/aromatic N) is 4. The van der Waals surface area contributed by atoms with Crippen molar-refractivity contribution in [2.45, 2.75) is 26.3 Å². The number of esters is 1. The summed E-state index contributed by atoms with van der Waals surface area (Å²) in [5.41, 5.74) is 0.974. The molecule has 24 heavy (non-hydrogen) atoms.